The van der Waals surface area contributed by atoms with Crippen molar-refractivity contribution in [2.45, 2.75) is 36.7 Å². The van der Waals surface area contributed by atoms with Gasteiger partial charge in [0.15, 0.2) is 0 Å². The number of halogens is 2. The second kappa shape index (κ2) is 6.20. The molecule has 0 spiro atoms. The molecule has 0 bridgehead atoms. The molecular formula is C13H18Cl2N2O2S. The number of benzene rings is 1. The lowest BCUT2D eigenvalue weighted by atomic mass is 9.94. The van der Waals surface area contributed by atoms with Crippen LogP contribution in [-0.4, -0.2) is 32.9 Å². The van der Waals surface area contributed by atoms with Crippen LogP contribution in [0.15, 0.2) is 17.0 Å². The van der Waals surface area contributed by atoms with Crippen LogP contribution in [0, 0.1) is 0 Å². The molecule has 1 aromatic rings. The van der Waals surface area contributed by atoms with E-state index in [2.05, 4.69) is 5.32 Å². The number of hydrogen-bond acceptors (Lipinski definition) is 3. The van der Waals surface area contributed by atoms with E-state index in [9.17, 15) is 8.42 Å². The number of nitrogens with zero attached hydrogens (tertiary/aromatic N) is 1. The van der Waals surface area contributed by atoms with E-state index in [0.717, 1.165) is 19.3 Å². The lowest BCUT2D eigenvalue weighted by Gasteiger charge is -2.34. The van der Waals surface area contributed by atoms with Gasteiger partial charge in [-0.05, 0) is 32.0 Å². The van der Waals surface area contributed by atoms with E-state index in [1.807, 2.05) is 0 Å². The molecule has 4 nitrogen and oxygen atoms in total. The van der Waals surface area contributed by atoms with E-state index >= 15 is 0 Å². The van der Waals surface area contributed by atoms with Gasteiger partial charge in [-0.2, -0.15) is 4.31 Å². The second-order valence-corrected chi connectivity index (χ2v) is 7.73. The molecule has 1 saturated carbocycles. The number of hydrogen-bond donors (Lipinski definition) is 1. The Bertz CT molecular complexity index is 601. The minimum absolute atomic E-state index is 0.0829. The molecule has 0 atom stereocenters. The number of rotatable bonds is 5. The van der Waals surface area contributed by atoms with Gasteiger partial charge in [0.1, 0.15) is 4.90 Å². The Hall–Kier alpha value is -0.330. The summed E-state index contributed by atoms with van der Waals surface area (Å²) in [6, 6.07) is 3.15. The first kappa shape index (κ1) is 16.0. The Balaban J connectivity index is 2.43. The standard InChI is InChI=1S/C13H18Cl2N2O2S/c1-16-8-10-11(14)6-7-12(13(10)15)20(18,19)17(2)9-4-3-5-9/h6-7,9,16H,3-5,8H2,1-2H3. The Labute approximate surface area is 130 Å². The van der Waals surface area contributed by atoms with Crippen molar-refractivity contribution in [2.75, 3.05) is 14.1 Å². The molecule has 0 unspecified atom stereocenters. The molecular weight excluding hydrogens is 319 g/mol. The molecule has 1 aliphatic carbocycles. The summed E-state index contributed by atoms with van der Waals surface area (Å²) in [5.41, 5.74) is 0.610. The van der Waals surface area contributed by atoms with E-state index in [0.29, 0.717) is 17.1 Å². The smallest absolute Gasteiger partial charge is 0.244 e. The van der Waals surface area contributed by atoms with Crippen molar-refractivity contribution in [1.29, 1.82) is 0 Å². The molecule has 0 aromatic heterocycles. The summed E-state index contributed by atoms with van der Waals surface area (Å²) in [6.45, 7) is 0.425. The molecule has 0 saturated heterocycles. The monoisotopic (exact) mass is 336 g/mol. The maximum absolute atomic E-state index is 12.6. The van der Waals surface area contributed by atoms with Gasteiger partial charge in [0.05, 0.1) is 5.02 Å². The third-order valence-electron chi connectivity index (χ3n) is 3.75. The van der Waals surface area contributed by atoms with Crippen molar-refractivity contribution in [3.8, 4) is 0 Å². The summed E-state index contributed by atoms with van der Waals surface area (Å²) in [5, 5.41) is 3.62. The largest absolute Gasteiger partial charge is 0.316 e. The van der Waals surface area contributed by atoms with Gasteiger partial charge < -0.3 is 5.32 Å². The maximum atomic E-state index is 12.6. The van der Waals surface area contributed by atoms with Crippen LogP contribution < -0.4 is 5.32 Å². The highest BCUT2D eigenvalue weighted by Crippen LogP contribution is 2.35. The average Bonchev–Trinajstić information content (AvgIpc) is 2.31. The van der Waals surface area contributed by atoms with Crippen LogP contribution in [-0.2, 0) is 16.6 Å². The fraction of sp³-hybridized carbons (Fsp3) is 0.538. The van der Waals surface area contributed by atoms with Gasteiger partial charge in [-0.15, -0.1) is 0 Å². The van der Waals surface area contributed by atoms with Gasteiger partial charge in [-0.3, -0.25) is 0 Å². The Morgan fingerprint density at radius 2 is 2.00 bits per heavy atom. The topological polar surface area (TPSA) is 49.4 Å². The molecule has 0 heterocycles. The highest BCUT2D eigenvalue weighted by Gasteiger charge is 2.33. The van der Waals surface area contributed by atoms with Gasteiger partial charge in [-0.1, -0.05) is 29.6 Å². The third kappa shape index (κ3) is 2.83. The molecule has 1 aromatic carbocycles. The van der Waals surface area contributed by atoms with Crippen LogP contribution in [0.4, 0.5) is 0 Å². The van der Waals surface area contributed by atoms with Crippen LogP contribution in [0.25, 0.3) is 0 Å². The Morgan fingerprint density at radius 1 is 1.35 bits per heavy atom. The minimum atomic E-state index is -3.57. The molecule has 1 N–H and O–H groups in total. The van der Waals surface area contributed by atoms with Crippen molar-refractivity contribution in [1.82, 2.24) is 9.62 Å². The summed E-state index contributed by atoms with van der Waals surface area (Å²) >= 11 is 12.3. The van der Waals surface area contributed by atoms with Crippen LogP contribution in [0.2, 0.25) is 10.0 Å². The quantitative estimate of drug-likeness (QED) is 0.899. The zero-order valence-corrected chi connectivity index (χ0v) is 13.8. The molecule has 1 aliphatic rings. The molecule has 20 heavy (non-hydrogen) atoms. The maximum Gasteiger partial charge on any atom is 0.244 e. The molecule has 1 fully saturated rings. The van der Waals surface area contributed by atoms with E-state index in [-0.39, 0.29) is 16.0 Å². The fourth-order valence-corrected chi connectivity index (χ4v) is 4.52. The van der Waals surface area contributed by atoms with Crippen LogP contribution >= 0.6 is 23.2 Å². The first-order valence-corrected chi connectivity index (χ1v) is 8.68. The Morgan fingerprint density at radius 3 is 2.50 bits per heavy atom. The molecule has 0 radical (unpaired) electrons. The van der Waals surface area contributed by atoms with Crippen molar-refractivity contribution >= 4 is 33.2 Å². The number of sulfonamides is 1. The SMILES string of the molecule is CNCc1c(Cl)ccc(S(=O)(=O)N(C)C2CCC2)c1Cl. The Kier molecular flexibility index (Phi) is 4.97. The van der Waals surface area contributed by atoms with Gasteiger partial charge in [0.25, 0.3) is 0 Å². The normalized spacial score (nSPS) is 16.4. The highest BCUT2D eigenvalue weighted by atomic mass is 35.5. The van der Waals surface area contributed by atoms with Crippen LogP contribution in [0.3, 0.4) is 0 Å². The first-order chi connectivity index (χ1) is 9.39. The second-order valence-electron chi connectivity index (χ2n) is 4.97. The van der Waals surface area contributed by atoms with Gasteiger partial charge in [0, 0.05) is 30.2 Å². The van der Waals surface area contributed by atoms with E-state index in [1.54, 1.807) is 20.2 Å². The predicted octanol–water partition coefficient (Wildman–Crippen LogP) is 2.89. The zero-order valence-electron chi connectivity index (χ0n) is 11.5. The van der Waals surface area contributed by atoms with Crippen molar-refractivity contribution < 1.29 is 8.42 Å². The lowest BCUT2D eigenvalue weighted by molar-refractivity contribution is 0.249. The fourth-order valence-electron chi connectivity index (χ4n) is 2.22. The van der Waals surface area contributed by atoms with Crippen LogP contribution in [0.5, 0.6) is 0 Å². The van der Waals surface area contributed by atoms with Crippen molar-refractivity contribution in [3.63, 3.8) is 0 Å². The first-order valence-electron chi connectivity index (χ1n) is 6.49. The summed E-state index contributed by atoms with van der Waals surface area (Å²) in [5.74, 6) is 0. The van der Waals surface area contributed by atoms with E-state index in [4.69, 9.17) is 23.2 Å². The van der Waals surface area contributed by atoms with Gasteiger partial charge in [0.2, 0.25) is 10.0 Å². The zero-order chi connectivity index (χ0) is 14.9. The summed E-state index contributed by atoms with van der Waals surface area (Å²) in [6.07, 6.45) is 2.89. The highest BCUT2D eigenvalue weighted by molar-refractivity contribution is 7.89. The molecule has 0 aliphatic heterocycles. The third-order valence-corrected chi connectivity index (χ3v) is 6.60. The van der Waals surface area contributed by atoms with Crippen LogP contribution in [0.1, 0.15) is 24.8 Å². The molecule has 112 valence electrons. The summed E-state index contributed by atoms with van der Waals surface area (Å²) < 4.78 is 26.7. The van der Waals surface area contributed by atoms with Gasteiger partial charge in [-0.25, -0.2) is 8.42 Å². The predicted molar refractivity (Wildman–Crippen MR) is 81.8 cm³/mol. The molecule has 7 heteroatoms. The average molecular weight is 337 g/mol. The lowest BCUT2D eigenvalue weighted by Crippen LogP contribution is -2.41. The minimum Gasteiger partial charge on any atom is -0.316 e. The molecule has 2 rings (SSSR count). The summed E-state index contributed by atoms with van der Waals surface area (Å²) in [4.78, 5) is 0.128. The summed E-state index contributed by atoms with van der Waals surface area (Å²) in [7, 11) is -0.201. The molecule has 0 amide bonds. The van der Waals surface area contributed by atoms with Crippen molar-refractivity contribution in [3.05, 3.63) is 27.7 Å². The van der Waals surface area contributed by atoms with E-state index in [1.165, 1.54) is 10.4 Å². The number of nitrogens with one attached hydrogen (secondary N) is 1. The van der Waals surface area contributed by atoms with E-state index < -0.39 is 10.0 Å². The van der Waals surface area contributed by atoms with Crippen molar-refractivity contribution in [2.24, 2.45) is 0 Å². The van der Waals surface area contributed by atoms with Gasteiger partial charge >= 0.3 is 0 Å².